The largest absolute Gasteiger partial charge is 0.383 e. The van der Waals surface area contributed by atoms with E-state index in [0.29, 0.717) is 12.0 Å². The monoisotopic (exact) mass is 315 g/mol. The molecule has 0 amide bonds. The first-order valence-electron chi connectivity index (χ1n) is 6.55. The second kappa shape index (κ2) is 5.98. The molecular weight excluding hydrogens is 294 g/mol. The molecule has 0 heterocycles. The summed E-state index contributed by atoms with van der Waals surface area (Å²) in [6.45, 7) is 6.99. The number of benzene rings is 1. The summed E-state index contributed by atoms with van der Waals surface area (Å²) in [6.07, 6.45) is 0.599. The number of hydrogen-bond acceptors (Lipinski definition) is 5. The Bertz CT molecular complexity index is 654. The summed E-state index contributed by atoms with van der Waals surface area (Å²) in [7, 11) is -2.27. The lowest BCUT2D eigenvalue weighted by molar-refractivity contribution is -0.384. The Morgan fingerprint density at radius 3 is 2.33 bits per heavy atom. The second-order valence-electron chi connectivity index (χ2n) is 5.48. The van der Waals surface area contributed by atoms with Crippen LogP contribution in [0.25, 0.3) is 0 Å². The van der Waals surface area contributed by atoms with Crippen LogP contribution in [0, 0.1) is 17.0 Å². The molecule has 0 spiro atoms. The van der Waals surface area contributed by atoms with Crippen LogP contribution < -0.4 is 10.0 Å². The molecule has 0 unspecified atom stereocenters. The average Bonchev–Trinajstić information content (AvgIpc) is 2.36. The normalized spacial score (nSPS) is 12.2. The number of nitro groups is 1. The van der Waals surface area contributed by atoms with Gasteiger partial charge in [0.25, 0.3) is 5.69 Å². The van der Waals surface area contributed by atoms with Crippen molar-refractivity contribution in [2.24, 2.45) is 0 Å². The molecule has 2 N–H and O–H groups in total. The van der Waals surface area contributed by atoms with Crippen LogP contribution in [0.15, 0.2) is 17.0 Å². The number of rotatable bonds is 6. The molecule has 0 saturated carbocycles. The first-order chi connectivity index (χ1) is 9.54. The molecule has 0 aromatic heterocycles. The fourth-order valence-electron chi connectivity index (χ4n) is 1.81. The van der Waals surface area contributed by atoms with Crippen LogP contribution in [-0.2, 0) is 10.0 Å². The minimum absolute atomic E-state index is 0.0743. The van der Waals surface area contributed by atoms with Crippen molar-refractivity contribution >= 4 is 21.4 Å². The van der Waals surface area contributed by atoms with E-state index in [4.69, 9.17) is 0 Å². The third-order valence-electron chi connectivity index (χ3n) is 3.34. The number of hydrogen-bond donors (Lipinski definition) is 2. The molecule has 0 aliphatic rings. The standard InChI is InChI=1S/C13H21N3O4S/c1-6-13(3,4)15-21(19,20)12-8-11(16(17)18)10(14-5)7-9(12)2/h7-8,14-15H,6H2,1-5H3. The Balaban J connectivity index is 3.43. The van der Waals surface area contributed by atoms with Gasteiger partial charge in [-0.1, -0.05) is 6.92 Å². The Kier molecular flexibility index (Phi) is 4.95. The van der Waals surface area contributed by atoms with Crippen LogP contribution in [0.3, 0.4) is 0 Å². The lowest BCUT2D eigenvalue weighted by Gasteiger charge is -2.24. The van der Waals surface area contributed by atoms with E-state index in [2.05, 4.69) is 10.0 Å². The van der Waals surface area contributed by atoms with Gasteiger partial charge < -0.3 is 5.32 Å². The van der Waals surface area contributed by atoms with E-state index in [0.717, 1.165) is 6.07 Å². The molecule has 0 bridgehead atoms. The summed E-state index contributed by atoms with van der Waals surface area (Å²) in [5, 5.41) is 13.8. The van der Waals surface area contributed by atoms with Gasteiger partial charge in [-0.05, 0) is 38.8 Å². The van der Waals surface area contributed by atoms with Gasteiger partial charge in [-0.25, -0.2) is 13.1 Å². The minimum atomic E-state index is -3.82. The summed E-state index contributed by atoms with van der Waals surface area (Å²) in [4.78, 5) is 10.4. The lowest BCUT2D eigenvalue weighted by atomic mass is 10.0. The lowest BCUT2D eigenvalue weighted by Crippen LogP contribution is -2.42. The number of nitrogens with one attached hydrogen (secondary N) is 2. The van der Waals surface area contributed by atoms with Gasteiger partial charge in [-0.3, -0.25) is 10.1 Å². The highest BCUT2D eigenvalue weighted by atomic mass is 32.2. The van der Waals surface area contributed by atoms with Crippen molar-refractivity contribution < 1.29 is 13.3 Å². The zero-order chi connectivity index (χ0) is 16.4. The van der Waals surface area contributed by atoms with E-state index in [9.17, 15) is 18.5 Å². The Morgan fingerprint density at radius 1 is 1.33 bits per heavy atom. The molecule has 1 aromatic rings. The van der Waals surface area contributed by atoms with Crippen LogP contribution in [0.2, 0.25) is 0 Å². The Morgan fingerprint density at radius 2 is 1.90 bits per heavy atom. The molecule has 0 saturated heterocycles. The zero-order valence-electron chi connectivity index (χ0n) is 12.9. The summed E-state index contributed by atoms with van der Waals surface area (Å²) in [5.74, 6) is 0. The summed E-state index contributed by atoms with van der Waals surface area (Å²) in [5.41, 5.74) is -0.157. The maximum absolute atomic E-state index is 12.4. The van der Waals surface area contributed by atoms with Gasteiger partial charge in [0.2, 0.25) is 10.0 Å². The van der Waals surface area contributed by atoms with Gasteiger partial charge in [0.1, 0.15) is 5.69 Å². The van der Waals surface area contributed by atoms with Gasteiger partial charge in [0, 0.05) is 18.7 Å². The van der Waals surface area contributed by atoms with E-state index < -0.39 is 20.5 Å². The first kappa shape index (κ1) is 17.4. The van der Waals surface area contributed by atoms with Crippen LogP contribution in [-0.4, -0.2) is 25.9 Å². The van der Waals surface area contributed by atoms with Gasteiger partial charge in [0.05, 0.1) is 9.82 Å². The van der Waals surface area contributed by atoms with E-state index >= 15 is 0 Å². The highest BCUT2D eigenvalue weighted by Crippen LogP contribution is 2.30. The highest BCUT2D eigenvalue weighted by Gasteiger charge is 2.28. The Hall–Kier alpha value is -1.67. The van der Waals surface area contributed by atoms with Crippen LogP contribution in [0.4, 0.5) is 11.4 Å². The molecular formula is C13H21N3O4S. The van der Waals surface area contributed by atoms with Crippen molar-refractivity contribution in [3.63, 3.8) is 0 Å². The summed E-state index contributed by atoms with van der Waals surface area (Å²) >= 11 is 0. The third-order valence-corrected chi connectivity index (χ3v) is 5.18. The van der Waals surface area contributed by atoms with Gasteiger partial charge >= 0.3 is 0 Å². The maximum atomic E-state index is 12.4. The summed E-state index contributed by atoms with van der Waals surface area (Å²) < 4.78 is 27.5. The first-order valence-corrected chi connectivity index (χ1v) is 8.03. The van der Waals surface area contributed by atoms with E-state index in [1.54, 1.807) is 27.8 Å². The fourth-order valence-corrected chi connectivity index (χ4v) is 3.54. The molecule has 118 valence electrons. The molecule has 7 nitrogen and oxygen atoms in total. The minimum Gasteiger partial charge on any atom is -0.383 e. The third kappa shape index (κ3) is 3.92. The predicted molar refractivity (Wildman–Crippen MR) is 82.1 cm³/mol. The smallest absolute Gasteiger partial charge is 0.293 e. The fraction of sp³-hybridized carbons (Fsp3) is 0.538. The topological polar surface area (TPSA) is 101 Å². The van der Waals surface area contributed by atoms with Crippen LogP contribution in [0.1, 0.15) is 32.8 Å². The van der Waals surface area contributed by atoms with Gasteiger partial charge in [-0.15, -0.1) is 0 Å². The molecule has 0 aliphatic carbocycles. The number of aryl methyl sites for hydroxylation is 1. The van der Waals surface area contributed by atoms with Gasteiger partial charge in [-0.2, -0.15) is 0 Å². The van der Waals surface area contributed by atoms with Crippen molar-refractivity contribution in [1.29, 1.82) is 0 Å². The van der Waals surface area contributed by atoms with Crippen LogP contribution >= 0.6 is 0 Å². The molecule has 0 fully saturated rings. The number of nitro benzene ring substituents is 1. The van der Waals surface area contributed by atoms with Crippen molar-refractivity contribution in [2.45, 2.75) is 44.6 Å². The molecule has 0 aliphatic heterocycles. The maximum Gasteiger partial charge on any atom is 0.293 e. The van der Waals surface area contributed by atoms with E-state index in [1.807, 2.05) is 6.92 Å². The quantitative estimate of drug-likeness (QED) is 0.620. The van der Waals surface area contributed by atoms with Crippen molar-refractivity contribution in [3.05, 3.63) is 27.8 Å². The Labute approximate surface area is 124 Å². The zero-order valence-corrected chi connectivity index (χ0v) is 13.7. The van der Waals surface area contributed by atoms with E-state index in [1.165, 1.54) is 6.07 Å². The average molecular weight is 315 g/mol. The number of nitrogens with zero attached hydrogens (tertiary/aromatic N) is 1. The molecule has 0 radical (unpaired) electrons. The molecule has 1 rings (SSSR count). The van der Waals surface area contributed by atoms with E-state index in [-0.39, 0.29) is 16.3 Å². The molecule has 8 heteroatoms. The predicted octanol–water partition coefficient (Wildman–Crippen LogP) is 2.41. The summed E-state index contributed by atoms with van der Waals surface area (Å²) in [6, 6.07) is 2.56. The number of sulfonamides is 1. The number of anilines is 1. The molecule has 1 aromatic carbocycles. The highest BCUT2D eigenvalue weighted by molar-refractivity contribution is 7.89. The van der Waals surface area contributed by atoms with Crippen molar-refractivity contribution in [3.8, 4) is 0 Å². The van der Waals surface area contributed by atoms with Crippen molar-refractivity contribution in [2.75, 3.05) is 12.4 Å². The molecule has 21 heavy (non-hydrogen) atoms. The molecule has 0 atom stereocenters. The van der Waals surface area contributed by atoms with Crippen molar-refractivity contribution in [1.82, 2.24) is 4.72 Å². The SMILES string of the molecule is CCC(C)(C)NS(=O)(=O)c1cc([N+](=O)[O-])c(NC)cc1C. The second-order valence-corrected chi connectivity index (χ2v) is 7.14. The van der Waals surface area contributed by atoms with Gasteiger partial charge in [0.15, 0.2) is 0 Å². The van der Waals surface area contributed by atoms with Crippen LogP contribution in [0.5, 0.6) is 0 Å².